The number of rotatable bonds is 4. The summed E-state index contributed by atoms with van der Waals surface area (Å²) < 4.78 is 12.9. The molecule has 0 aliphatic rings. The highest BCUT2D eigenvalue weighted by Gasteiger charge is 2.06. The molecule has 19 heavy (non-hydrogen) atoms. The van der Waals surface area contributed by atoms with Crippen LogP contribution in [0.3, 0.4) is 0 Å². The Morgan fingerprint density at radius 1 is 1.21 bits per heavy atom. The minimum absolute atomic E-state index is 0.412. The van der Waals surface area contributed by atoms with Crippen LogP contribution < -0.4 is 5.32 Å². The molecular formula is C12H10FN5S. The first-order valence-corrected chi connectivity index (χ1v) is 6.51. The fourth-order valence-electron chi connectivity index (χ4n) is 1.57. The fourth-order valence-corrected chi connectivity index (χ4v) is 2.23. The molecule has 0 unspecified atom stereocenters. The summed E-state index contributed by atoms with van der Waals surface area (Å²) in [5, 5.41) is 11.9. The van der Waals surface area contributed by atoms with Gasteiger partial charge in [-0.05, 0) is 23.6 Å². The predicted molar refractivity (Wildman–Crippen MR) is 71.2 cm³/mol. The Kier molecular flexibility index (Phi) is 3.20. The van der Waals surface area contributed by atoms with Crippen molar-refractivity contribution in [3.05, 3.63) is 47.5 Å². The van der Waals surface area contributed by atoms with Crippen molar-refractivity contribution < 1.29 is 4.39 Å². The van der Waals surface area contributed by atoms with Crippen molar-refractivity contribution >= 4 is 17.2 Å². The minimum atomic E-state index is -0.512. The van der Waals surface area contributed by atoms with Crippen molar-refractivity contribution in [3.8, 4) is 10.7 Å². The lowest BCUT2D eigenvalue weighted by atomic mass is 10.4. The second kappa shape index (κ2) is 5.15. The first-order chi connectivity index (χ1) is 9.31. The van der Waals surface area contributed by atoms with Crippen LogP contribution in [0.2, 0.25) is 0 Å². The number of hydrogen-bond donors (Lipinski definition) is 2. The third kappa shape index (κ3) is 2.76. The van der Waals surface area contributed by atoms with E-state index in [0.29, 0.717) is 24.0 Å². The summed E-state index contributed by atoms with van der Waals surface area (Å²) >= 11 is 1.58. The molecular weight excluding hydrogens is 265 g/mol. The molecule has 0 atom stereocenters. The largest absolute Gasteiger partial charge is 0.363 e. The Labute approximate surface area is 112 Å². The summed E-state index contributed by atoms with van der Waals surface area (Å²) in [6.45, 7) is 0.412. The number of aromatic amines is 1. The number of thiophene rings is 1. The molecule has 7 heteroatoms. The van der Waals surface area contributed by atoms with Crippen molar-refractivity contribution in [1.29, 1.82) is 0 Å². The van der Waals surface area contributed by atoms with E-state index < -0.39 is 5.95 Å². The Morgan fingerprint density at radius 2 is 2.16 bits per heavy atom. The molecule has 0 radical (unpaired) electrons. The zero-order valence-corrected chi connectivity index (χ0v) is 10.6. The second-order valence-electron chi connectivity index (χ2n) is 3.78. The normalized spacial score (nSPS) is 10.6. The number of anilines is 1. The number of pyridine rings is 1. The van der Waals surface area contributed by atoms with E-state index in [1.807, 2.05) is 17.5 Å². The number of aromatic nitrogens is 4. The van der Waals surface area contributed by atoms with Crippen LogP contribution in [-0.4, -0.2) is 20.2 Å². The smallest absolute Gasteiger partial charge is 0.214 e. The van der Waals surface area contributed by atoms with Gasteiger partial charge in [0.05, 0.1) is 11.4 Å². The van der Waals surface area contributed by atoms with E-state index in [1.165, 1.54) is 6.07 Å². The summed E-state index contributed by atoms with van der Waals surface area (Å²) in [7, 11) is 0. The van der Waals surface area contributed by atoms with E-state index >= 15 is 0 Å². The Balaban J connectivity index is 1.68. The first-order valence-electron chi connectivity index (χ1n) is 5.63. The molecule has 0 aliphatic carbocycles. The fraction of sp³-hybridized carbons (Fsp3) is 0.0833. The maximum absolute atomic E-state index is 12.9. The van der Waals surface area contributed by atoms with Gasteiger partial charge in [0.15, 0.2) is 5.82 Å². The van der Waals surface area contributed by atoms with Crippen LogP contribution in [0.1, 0.15) is 5.82 Å². The Hall–Kier alpha value is -2.28. The lowest BCUT2D eigenvalue weighted by Gasteiger charge is -2.01. The number of halogens is 1. The zero-order chi connectivity index (χ0) is 13.1. The third-order valence-corrected chi connectivity index (χ3v) is 3.29. The molecule has 0 fully saturated rings. The Bertz CT molecular complexity index is 664. The van der Waals surface area contributed by atoms with Gasteiger partial charge in [-0.15, -0.1) is 11.3 Å². The van der Waals surface area contributed by atoms with Gasteiger partial charge in [-0.25, -0.2) is 9.97 Å². The van der Waals surface area contributed by atoms with Crippen molar-refractivity contribution in [2.24, 2.45) is 0 Å². The van der Waals surface area contributed by atoms with Gasteiger partial charge in [-0.1, -0.05) is 12.1 Å². The third-order valence-electron chi connectivity index (χ3n) is 2.43. The van der Waals surface area contributed by atoms with Gasteiger partial charge in [-0.3, -0.25) is 5.10 Å². The van der Waals surface area contributed by atoms with Gasteiger partial charge in [0.1, 0.15) is 11.6 Å². The summed E-state index contributed by atoms with van der Waals surface area (Å²) in [5.41, 5.74) is 0. The summed E-state index contributed by atoms with van der Waals surface area (Å²) in [4.78, 5) is 9.06. The number of H-pyrrole nitrogens is 1. The summed E-state index contributed by atoms with van der Waals surface area (Å²) in [5.74, 6) is 1.30. The lowest BCUT2D eigenvalue weighted by molar-refractivity contribution is 0.585. The molecule has 5 nitrogen and oxygen atoms in total. The lowest BCUT2D eigenvalue weighted by Crippen LogP contribution is -2.03. The SMILES string of the molecule is Fc1cccc(NCc2nc(-c3cccs3)n[nH]2)n1. The monoisotopic (exact) mass is 275 g/mol. The minimum Gasteiger partial charge on any atom is -0.363 e. The molecule has 0 saturated heterocycles. The standard InChI is InChI=1S/C12H10FN5S/c13-9-4-1-5-10(15-9)14-7-11-16-12(18-17-11)8-3-2-6-19-8/h1-6H,7H2,(H,14,15)(H,16,17,18). The van der Waals surface area contributed by atoms with E-state index in [9.17, 15) is 4.39 Å². The van der Waals surface area contributed by atoms with E-state index in [2.05, 4.69) is 25.5 Å². The van der Waals surface area contributed by atoms with Gasteiger partial charge >= 0.3 is 0 Å². The maximum atomic E-state index is 12.9. The predicted octanol–water partition coefficient (Wildman–Crippen LogP) is 2.68. The Morgan fingerprint density at radius 3 is 2.95 bits per heavy atom. The molecule has 0 spiro atoms. The second-order valence-corrected chi connectivity index (χ2v) is 4.73. The van der Waals surface area contributed by atoms with Crippen molar-refractivity contribution in [2.45, 2.75) is 6.54 Å². The van der Waals surface area contributed by atoms with Gasteiger partial charge in [0.25, 0.3) is 0 Å². The first kappa shape index (κ1) is 11.8. The highest BCUT2D eigenvalue weighted by atomic mass is 32.1. The quantitative estimate of drug-likeness (QED) is 0.718. The van der Waals surface area contributed by atoms with Crippen LogP contribution in [0.4, 0.5) is 10.2 Å². The van der Waals surface area contributed by atoms with Crippen LogP contribution >= 0.6 is 11.3 Å². The van der Waals surface area contributed by atoms with Crippen LogP contribution in [0, 0.1) is 5.95 Å². The molecule has 0 aromatic carbocycles. The molecule has 3 aromatic rings. The van der Waals surface area contributed by atoms with Crippen molar-refractivity contribution in [2.75, 3.05) is 5.32 Å². The van der Waals surface area contributed by atoms with E-state index in [4.69, 9.17) is 0 Å². The van der Waals surface area contributed by atoms with Gasteiger partial charge in [0.2, 0.25) is 5.95 Å². The molecule has 3 aromatic heterocycles. The number of hydrogen-bond acceptors (Lipinski definition) is 5. The van der Waals surface area contributed by atoms with Crippen LogP contribution in [0.5, 0.6) is 0 Å². The van der Waals surface area contributed by atoms with E-state index in [0.717, 1.165) is 4.88 Å². The van der Waals surface area contributed by atoms with Crippen molar-refractivity contribution in [1.82, 2.24) is 20.2 Å². The van der Waals surface area contributed by atoms with Gasteiger partial charge in [-0.2, -0.15) is 9.49 Å². The number of nitrogens with zero attached hydrogens (tertiary/aromatic N) is 3. The molecule has 0 aliphatic heterocycles. The van der Waals surface area contributed by atoms with Crippen LogP contribution in [0.25, 0.3) is 10.7 Å². The van der Waals surface area contributed by atoms with E-state index in [-0.39, 0.29) is 0 Å². The molecule has 96 valence electrons. The number of nitrogens with one attached hydrogen (secondary N) is 2. The zero-order valence-electron chi connectivity index (χ0n) is 9.80. The molecule has 3 rings (SSSR count). The van der Waals surface area contributed by atoms with Crippen LogP contribution in [-0.2, 0) is 6.54 Å². The molecule has 0 amide bonds. The molecule has 0 saturated carbocycles. The maximum Gasteiger partial charge on any atom is 0.214 e. The summed E-state index contributed by atoms with van der Waals surface area (Å²) in [6.07, 6.45) is 0. The van der Waals surface area contributed by atoms with Gasteiger partial charge in [0, 0.05) is 0 Å². The molecule has 3 heterocycles. The van der Waals surface area contributed by atoms with E-state index in [1.54, 1.807) is 23.5 Å². The van der Waals surface area contributed by atoms with Crippen LogP contribution in [0.15, 0.2) is 35.7 Å². The molecule has 0 bridgehead atoms. The average Bonchev–Trinajstić information content (AvgIpc) is 3.07. The highest BCUT2D eigenvalue weighted by molar-refractivity contribution is 7.13. The summed E-state index contributed by atoms with van der Waals surface area (Å²) in [6, 6.07) is 8.50. The highest BCUT2D eigenvalue weighted by Crippen LogP contribution is 2.20. The van der Waals surface area contributed by atoms with Gasteiger partial charge < -0.3 is 5.32 Å². The van der Waals surface area contributed by atoms with Crippen molar-refractivity contribution in [3.63, 3.8) is 0 Å². The average molecular weight is 275 g/mol. The molecule has 2 N–H and O–H groups in total. The topological polar surface area (TPSA) is 66.5 Å².